The number of ketones is 1. The van der Waals surface area contributed by atoms with Gasteiger partial charge in [-0.3, -0.25) is 4.79 Å². The number of Topliss-reactive ketones (excluding diaryl/α,β-unsaturated/α-hetero) is 1. The zero-order chi connectivity index (χ0) is 29.8. The molecule has 1 unspecified atom stereocenters. The SMILES string of the molecule is C#CC1CCCCC1.CCCC(N)(Cc1ccccc1)C(=O)c1ccc(C2CCN(CC3CCN(C)CC3)CC2)cc1. The van der Waals surface area contributed by atoms with Crippen LogP contribution in [0.4, 0.5) is 0 Å². The number of benzene rings is 2. The van der Waals surface area contributed by atoms with Gasteiger partial charge in [0.2, 0.25) is 0 Å². The lowest BCUT2D eigenvalue weighted by Gasteiger charge is -2.37. The molecule has 228 valence electrons. The fourth-order valence-corrected chi connectivity index (χ4v) is 7.21. The number of terminal acetylenes is 1. The highest BCUT2D eigenvalue weighted by atomic mass is 16.1. The van der Waals surface area contributed by atoms with E-state index >= 15 is 0 Å². The summed E-state index contributed by atoms with van der Waals surface area (Å²) in [7, 11) is 2.24. The average molecular weight is 570 g/mol. The minimum atomic E-state index is -0.850. The lowest BCUT2D eigenvalue weighted by molar-refractivity contribution is 0.0877. The highest BCUT2D eigenvalue weighted by Gasteiger charge is 2.34. The number of nitrogens with zero attached hydrogens (tertiary/aromatic N) is 2. The summed E-state index contributed by atoms with van der Waals surface area (Å²) in [5, 5.41) is 0. The van der Waals surface area contributed by atoms with E-state index in [1.807, 2.05) is 30.3 Å². The summed E-state index contributed by atoms with van der Waals surface area (Å²) in [5.41, 5.74) is 9.13. The smallest absolute Gasteiger partial charge is 0.182 e. The molecule has 1 saturated carbocycles. The highest BCUT2D eigenvalue weighted by Crippen LogP contribution is 2.30. The van der Waals surface area contributed by atoms with Crippen molar-refractivity contribution in [2.75, 3.05) is 39.8 Å². The fourth-order valence-electron chi connectivity index (χ4n) is 7.21. The van der Waals surface area contributed by atoms with E-state index < -0.39 is 5.54 Å². The predicted octanol–water partition coefficient (Wildman–Crippen LogP) is 7.33. The fraction of sp³-hybridized carbons (Fsp3) is 0.605. The van der Waals surface area contributed by atoms with E-state index in [1.165, 1.54) is 96.1 Å². The van der Waals surface area contributed by atoms with Crippen LogP contribution in [-0.2, 0) is 6.42 Å². The van der Waals surface area contributed by atoms with E-state index in [-0.39, 0.29) is 5.78 Å². The number of rotatable bonds is 9. The highest BCUT2D eigenvalue weighted by molar-refractivity contribution is 6.03. The van der Waals surface area contributed by atoms with Gasteiger partial charge in [-0.15, -0.1) is 12.3 Å². The Kier molecular flexibility index (Phi) is 12.7. The van der Waals surface area contributed by atoms with Crippen molar-refractivity contribution in [2.24, 2.45) is 17.6 Å². The van der Waals surface area contributed by atoms with Gasteiger partial charge < -0.3 is 15.5 Å². The van der Waals surface area contributed by atoms with Crippen LogP contribution in [-0.4, -0.2) is 60.9 Å². The van der Waals surface area contributed by atoms with Gasteiger partial charge in [0.15, 0.2) is 5.78 Å². The van der Waals surface area contributed by atoms with Crippen molar-refractivity contribution in [1.29, 1.82) is 0 Å². The van der Waals surface area contributed by atoms with E-state index in [0.29, 0.717) is 24.7 Å². The van der Waals surface area contributed by atoms with Gasteiger partial charge in [0.25, 0.3) is 0 Å². The number of hydrogen-bond donors (Lipinski definition) is 1. The Morgan fingerprint density at radius 1 is 0.905 bits per heavy atom. The van der Waals surface area contributed by atoms with E-state index in [2.05, 4.69) is 54.0 Å². The average Bonchev–Trinajstić information content (AvgIpc) is 3.03. The first-order valence-electron chi connectivity index (χ1n) is 16.7. The maximum atomic E-state index is 13.5. The van der Waals surface area contributed by atoms with Gasteiger partial charge in [-0.2, -0.15) is 0 Å². The van der Waals surface area contributed by atoms with Crippen LogP contribution in [0.25, 0.3) is 0 Å². The molecular weight excluding hydrogens is 514 g/mol. The van der Waals surface area contributed by atoms with Crippen molar-refractivity contribution in [3.63, 3.8) is 0 Å². The molecule has 2 aromatic rings. The minimum absolute atomic E-state index is 0.0673. The number of carbonyl (C=O) groups excluding carboxylic acids is 1. The van der Waals surface area contributed by atoms with Crippen LogP contribution in [0.5, 0.6) is 0 Å². The molecule has 4 heteroatoms. The van der Waals surface area contributed by atoms with E-state index in [0.717, 1.165) is 23.5 Å². The van der Waals surface area contributed by atoms with Crippen molar-refractivity contribution in [2.45, 2.75) is 95.4 Å². The number of nitrogens with two attached hydrogens (primary N) is 1. The molecule has 0 spiro atoms. The third-order valence-electron chi connectivity index (χ3n) is 9.94. The largest absolute Gasteiger partial charge is 0.318 e. The lowest BCUT2D eigenvalue weighted by atomic mass is 9.80. The zero-order valence-corrected chi connectivity index (χ0v) is 26.4. The number of piperidine rings is 2. The first-order chi connectivity index (χ1) is 20.4. The molecule has 3 fully saturated rings. The third kappa shape index (κ3) is 9.53. The van der Waals surface area contributed by atoms with Gasteiger partial charge in [-0.1, -0.05) is 87.2 Å². The summed E-state index contributed by atoms with van der Waals surface area (Å²) in [5.74, 6) is 4.95. The Morgan fingerprint density at radius 2 is 1.55 bits per heavy atom. The second-order valence-electron chi connectivity index (χ2n) is 13.3. The van der Waals surface area contributed by atoms with Gasteiger partial charge in [0.1, 0.15) is 0 Å². The molecule has 5 rings (SSSR count). The molecule has 2 N–H and O–H groups in total. The van der Waals surface area contributed by atoms with Crippen molar-refractivity contribution < 1.29 is 4.79 Å². The molecular formula is C38H55N3O. The van der Waals surface area contributed by atoms with Crippen LogP contribution in [0, 0.1) is 24.2 Å². The normalized spacial score (nSPS) is 21.1. The van der Waals surface area contributed by atoms with Crippen LogP contribution in [0.1, 0.15) is 105 Å². The van der Waals surface area contributed by atoms with E-state index in [9.17, 15) is 4.79 Å². The standard InChI is InChI=1S/C30H43N3O.C8H12/c1-3-17-30(31,22-24-7-5-4-6-8-24)29(34)28-11-9-26(10-12-28)27-15-20-33(21-16-27)23-25-13-18-32(2)19-14-25;1-2-8-6-4-3-5-7-8/h4-12,25,27H,3,13-23,31H2,1-2H3;1,8H,3-7H2. The predicted molar refractivity (Wildman–Crippen MR) is 177 cm³/mol. The molecule has 3 aliphatic rings. The van der Waals surface area contributed by atoms with Crippen LogP contribution < -0.4 is 5.73 Å². The van der Waals surface area contributed by atoms with Crippen LogP contribution in [0.3, 0.4) is 0 Å². The Labute approximate surface area is 256 Å². The van der Waals surface area contributed by atoms with Crippen molar-refractivity contribution in [3.05, 3.63) is 71.3 Å². The molecule has 2 saturated heterocycles. The Morgan fingerprint density at radius 3 is 2.12 bits per heavy atom. The van der Waals surface area contributed by atoms with Gasteiger partial charge in [0.05, 0.1) is 5.54 Å². The first-order valence-corrected chi connectivity index (χ1v) is 16.7. The quantitative estimate of drug-likeness (QED) is 0.254. The topological polar surface area (TPSA) is 49.6 Å². The van der Waals surface area contributed by atoms with Gasteiger partial charge in [0, 0.05) is 18.0 Å². The van der Waals surface area contributed by atoms with Crippen LogP contribution in [0.2, 0.25) is 0 Å². The molecule has 42 heavy (non-hydrogen) atoms. The second kappa shape index (κ2) is 16.4. The Hall–Kier alpha value is -2.45. The molecule has 0 aromatic heterocycles. The van der Waals surface area contributed by atoms with Crippen molar-refractivity contribution in [3.8, 4) is 12.3 Å². The summed E-state index contributed by atoms with van der Waals surface area (Å²) in [6.45, 7) is 8.25. The molecule has 2 aliphatic heterocycles. The molecule has 1 aliphatic carbocycles. The summed E-state index contributed by atoms with van der Waals surface area (Å²) in [6, 6.07) is 18.6. The maximum absolute atomic E-state index is 13.5. The van der Waals surface area contributed by atoms with Gasteiger partial charge >= 0.3 is 0 Å². The number of hydrogen-bond acceptors (Lipinski definition) is 4. The van der Waals surface area contributed by atoms with Crippen LogP contribution in [0.15, 0.2) is 54.6 Å². The number of carbonyl (C=O) groups is 1. The van der Waals surface area contributed by atoms with E-state index in [1.54, 1.807) is 0 Å². The van der Waals surface area contributed by atoms with Crippen molar-refractivity contribution >= 4 is 5.78 Å². The van der Waals surface area contributed by atoms with Crippen molar-refractivity contribution in [1.82, 2.24) is 9.80 Å². The number of likely N-dealkylation sites (tertiary alicyclic amines) is 2. The third-order valence-corrected chi connectivity index (χ3v) is 9.94. The summed E-state index contributed by atoms with van der Waals surface area (Å²) in [4.78, 5) is 18.6. The summed E-state index contributed by atoms with van der Waals surface area (Å²) in [6.07, 6.45) is 19.2. The molecule has 1 atom stereocenters. The Bertz CT molecular complexity index is 1100. The minimum Gasteiger partial charge on any atom is -0.318 e. The Balaban J connectivity index is 0.000000437. The zero-order valence-electron chi connectivity index (χ0n) is 26.4. The molecule has 4 nitrogen and oxygen atoms in total. The lowest BCUT2D eigenvalue weighted by Crippen LogP contribution is -2.49. The van der Waals surface area contributed by atoms with Gasteiger partial charge in [-0.25, -0.2) is 0 Å². The molecule has 2 aromatic carbocycles. The summed E-state index contributed by atoms with van der Waals surface area (Å²) < 4.78 is 0. The van der Waals surface area contributed by atoms with Crippen LogP contribution >= 0.6 is 0 Å². The molecule has 0 radical (unpaired) electrons. The van der Waals surface area contributed by atoms with E-state index in [4.69, 9.17) is 12.2 Å². The summed E-state index contributed by atoms with van der Waals surface area (Å²) >= 11 is 0. The molecule has 0 amide bonds. The monoisotopic (exact) mass is 569 g/mol. The van der Waals surface area contributed by atoms with Gasteiger partial charge in [-0.05, 0) is 108 Å². The first kappa shape index (κ1) is 32.5. The second-order valence-corrected chi connectivity index (χ2v) is 13.3. The molecule has 2 heterocycles. The maximum Gasteiger partial charge on any atom is 0.182 e. The molecule has 0 bridgehead atoms.